The van der Waals surface area contributed by atoms with E-state index < -0.39 is 11.7 Å². The number of benzene rings is 1. The highest BCUT2D eigenvalue weighted by Crippen LogP contribution is 2.29. The van der Waals surface area contributed by atoms with E-state index >= 15 is 0 Å². The number of nitrogens with zero attached hydrogens (tertiary/aromatic N) is 3. The summed E-state index contributed by atoms with van der Waals surface area (Å²) in [5.74, 6) is 0. The summed E-state index contributed by atoms with van der Waals surface area (Å²) in [6, 6.07) is 6.27. The van der Waals surface area contributed by atoms with Crippen LogP contribution in [0.25, 0.3) is 0 Å². The van der Waals surface area contributed by atoms with Gasteiger partial charge in [0.1, 0.15) is 0 Å². The lowest BCUT2D eigenvalue weighted by molar-refractivity contribution is -0.137. The van der Waals surface area contributed by atoms with Gasteiger partial charge < -0.3 is 10.2 Å². The van der Waals surface area contributed by atoms with E-state index in [-0.39, 0.29) is 12.6 Å². The van der Waals surface area contributed by atoms with Crippen molar-refractivity contribution in [1.29, 1.82) is 0 Å². The van der Waals surface area contributed by atoms with Crippen LogP contribution in [0.3, 0.4) is 0 Å². The van der Waals surface area contributed by atoms with Gasteiger partial charge in [-0.25, -0.2) is 4.79 Å². The Morgan fingerprint density at radius 1 is 1.25 bits per heavy atom. The van der Waals surface area contributed by atoms with Gasteiger partial charge in [-0.05, 0) is 30.7 Å². The first kappa shape index (κ1) is 17.8. The Hall–Kier alpha value is -2.51. The van der Waals surface area contributed by atoms with E-state index in [1.165, 1.54) is 17.0 Å². The number of aryl methyl sites for hydroxylation is 1. The van der Waals surface area contributed by atoms with Crippen molar-refractivity contribution in [3.8, 4) is 0 Å². The van der Waals surface area contributed by atoms with E-state index in [0.29, 0.717) is 12.1 Å². The van der Waals surface area contributed by atoms with Crippen LogP contribution < -0.4 is 5.32 Å². The Bertz CT molecular complexity index is 679. The third kappa shape index (κ3) is 4.74. The maximum atomic E-state index is 12.5. The zero-order valence-electron chi connectivity index (χ0n) is 13.5. The number of urea groups is 1. The van der Waals surface area contributed by atoms with Crippen molar-refractivity contribution in [2.24, 2.45) is 0 Å². The van der Waals surface area contributed by atoms with Gasteiger partial charge in [0.05, 0.1) is 17.8 Å². The molecule has 0 spiro atoms. The average Bonchev–Trinajstić information content (AvgIpc) is 3.00. The Balaban J connectivity index is 1.86. The number of nitrogens with one attached hydrogen (secondary N) is 1. The van der Waals surface area contributed by atoms with Crippen LogP contribution in [0, 0.1) is 0 Å². The number of alkyl halides is 3. The van der Waals surface area contributed by atoms with Gasteiger partial charge in [-0.15, -0.1) is 0 Å². The lowest BCUT2D eigenvalue weighted by atomic mass is 10.1. The van der Waals surface area contributed by atoms with E-state index in [1.54, 1.807) is 11.7 Å². The fourth-order valence-corrected chi connectivity index (χ4v) is 2.12. The fourth-order valence-electron chi connectivity index (χ4n) is 2.12. The molecule has 0 aliphatic rings. The monoisotopic (exact) mass is 340 g/mol. The van der Waals surface area contributed by atoms with Gasteiger partial charge in [0.25, 0.3) is 0 Å². The van der Waals surface area contributed by atoms with Gasteiger partial charge in [-0.1, -0.05) is 12.1 Å². The minimum Gasteiger partial charge on any atom is -0.332 e. The molecule has 1 aromatic heterocycles. The van der Waals surface area contributed by atoms with Crippen LogP contribution >= 0.6 is 0 Å². The molecular weight excluding hydrogens is 321 g/mol. The third-order valence-corrected chi connectivity index (χ3v) is 3.49. The molecule has 2 rings (SSSR count). The van der Waals surface area contributed by atoms with Gasteiger partial charge in [0, 0.05) is 26.3 Å². The highest BCUT2D eigenvalue weighted by atomic mass is 19.4. The van der Waals surface area contributed by atoms with E-state index in [1.807, 2.05) is 19.2 Å². The van der Waals surface area contributed by atoms with Gasteiger partial charge in [-0.2, -0.15) is 18.3 Å². The molecule has 2 aromatic rings. The number of hydrogen-bond acceptors (Lipinski definition) is 2. The third-order valence-electron chi connectivity index (χ3n) is 3.49. The smallest absolute Gasteiger partial charge is 0.332 e. The van der Waals surface area contributed by atoms with E-state index in [9.17, 15) is 18.0 Å². The van der Waals surface area contributed by atoms with Crippen molar-refractivity contribution in [3.63, 3.8) is 0 Å². The molecule has 0 radical (unpaired) electrons. The Morgan fingerprint density at radius 2 is 1.92 bits per heavy atom. The number of hydrogen-bond donors (Lipinski definition) is 1. The SMILES string of the molecule is CCn1ccc(CNC(=O)N(C)Cc2ccc(C(F)(F)F)cc2)n1. The largest absolute Gasteiger partial charge is 0.416 e. The number of rotatable bonds is 5. The topological polar surface area (TPSA) is 50.2 Å². The molecule has 8 heteroatoms. The van der Waals surface area contributed by atoms with Gasteiger partial charge >= 0.3 is 12.2 Å². The van der Waals surface area contributed by atoms with E-state index in [0.717, 1.165) is 24.4 Å². The van der Waals surface area contributed by atoms with Crippen LogP contribution in [0.5, 0.6) is 0 Å². The van der Waals surface area contributed by atoms with Crippen LogP contribution in [-0.2, 0) is 25.8 Å². The maximum Gasteiger partial charge on any atom is 0.416 e. The van der Waals surface area contributed by atoms with E-state index in [2.05, 4.69) is 10.4 Å². The number of carbonyl (C=O) groups excluding carboxylic acids is 1. The molecule has 0 bridgehead atoms. The first-order valence-electron chi connectivity index (χ1n) is 7.47. The molecule has 0 saturated heterocycles. The maximum absolute atomic E-state index is 12.5. The zero-order chi connectivity index (χ0) is 17.7. The predicted octanol–water partition coefficient (Wildman–Crippen LogP) is 3.26. The summed E-state index contributed by atoms with van der Waals surface area (Å²) in [7, 11) is 1.58. The molecule has 1 heterocycles. The lowest BCUT2D eigenvalue weighted by Crippen LogP contribution is -2.36. The molecule has 0 unspecified atom stereocenters. The van der Waals surface area contributed by atoms with Crippen LogP contribution in [0.1, 0.15) is 23.7 Å². The standard InChI is InChI=1S/C16H19F3N4O/c1-3-23-9-8-14(21-23)10-20-15(24)22(2)11-12-4-6-13(7-5-12)16(17,18)19/h4-9H,3,10-11H2,1-2H3,(H,20,24). The second-order valence-electron chi connectivity index (χ2n) is 5.37. The molecule has 0 aliphatic heterocycles. The van der Waals surface area contributed by atoms with Gasteiger partial charge in [0.15, 0.2) is 0 Å². The van der Waals surface area contributed by atoms with Gasteiger partial charge in [0.2, 0.25) is 0 Å². The van der Waals surface area contributed by atoms with Crippen molar-refractivity contribution in [1.82, 2.24) is 20.0 Å². The Morgan fingerprint density at radius 3 is 2.46 bits per heavy atom. The van der Waals surface area contributed by atoms with Crippen molar-refractivity contribution < 1.29 is 18.0 Å². The number of aromatic nitrogens is 2. The van der Waals surface area contributed by atoms with Gasteiger partial charge in [-0.3, -0.25) is 4.68 Å². The molecule has 24 heavy (non-hydrogen) atoms. The minimum absolute atomic E-state index is 0.216. The van der Waals surface area contributed by atoms with Crippen LogP contribution in [0.4, 0.5) is 18.0 Å². The van der Waals surface area contributed by atoms with Crippen molar-refractivity contribution in [3.05, 3.63) is 53.3 Å². The van der Waals surface area contributed by atoms with Crippen molar-refractivity contribution >= 4 is 6.03 Å². The molecule has 130 valence electrons. The number of carbonyl (C=O) groups is 1. The summed E-state index contributed by atoms with van der Waals surface area (Å²) < 4.78 is 39.3. The summed E-state index contributed by atoms with van der Waals surface area (Å²) >= 11 is 0. The summed E-state index contributed by atoms with van der Waals surface area (Å²) in [4.78, 5) is 13.4. The summed E-state index contributed by atoms with van der Waals surface area (Å²) in [5.41, 5.74) is 0.661. The Labute approximate surface area is 138 Å². The second-order valence-corrected chi connectivity index (χ2v) is 5.37. The molecule has 2 amide bonds. The van der Waals surface area contributed by atoms with E-state index in [4.69, 9.17) is 0 Å². The minimum atomic E-state index is -4.36. The molecule has 1 aromatic carbocycles. The molecule has 0 saturated carbocycles. The summed E-state index contributed by atoms with van der Waals surface area (Å²) in [6.07, 6.45) is -2.53. The van der Waals surface area contributed by atoms with Crippen molar-refractivity contribution in [2.45, 2.75) is 32.7 Å². The van der Waals surface area contributed by atoms with Crippen LogP contribution in [0.2, 0.25) is 0 Å². The van der Waals surface area contributed by atoms with Crippen molar-refractivity contribution in [2.75, 3.05) is 7.05 Å². The van der Waals surface area contributed by atoms with Crippen LogP contribution in [0.15, 0.2) is 36.5 Å². The summed E-state index contributed by atoms with van der Waals surface area (Å²) in [5, 5.41) is 6.98. The molecule has 0 atom stereocenters. The highest BCUT2D eigenvalue weighted by Gasteiger charge is 2.29. The number of halogens is 3. The molecule has 0 aliphatic carbocycles. The zero-order valence-corrected chi connectivity index (χ0v) is 13.5. The quantitative estimate of drug-likeness (QED) is 0.908. The molecule has 0 fully saturated rings. The Kier molecular flexibility index (Phi) is 5.48. The summed E-state index contributed by atoms with van der Waals surface area (Å²) in [6.45, 7) is 3.23. The lowest BCUT2D eigenvalue weighted by Gasteiger charge is -2.18. The first-order chi connectivity index (χ1) is 11.3. The normalized spacial score (nSPS) is 11.4. The average molecular weight is 340 g/mol. The number of amides is 2. The second kappa shape index (κ2) is 7.37. The molecular formula is C16H19F3N4O. The highest BCUT2D eigenvalue weighted by molar-refractivity contribution is 5.73. The first-order valence-corrected chi connectivity index (χ1v) is 7.47. The molecule has 1 N–H and O–H groups in total. The predicted molar refractivity (Wildman–Crippen MR) is 83.0 cm³/mol. The fraction of sp³-hybridized carbons (Fsp3) is 0.375. The molecule has 5 nitrogen and oxygen atoms in total. The van der Waals surface area contributed by atoms with Crippen LogP contribution in [-0.4, -0.2) is 27.8 Å².